The van der Waals surface area contributed by atoms with Gasteiger partial charge in [-0.25, -0.2) is 4.79 Å². The van der Waals surface area contributed by atoms with E-state index in [1.807, 2.05) is 24.3 Å². The second-order valence-electron chi connectivity index (χ2n) is 6.09. The second-order valence-corrected chi connectivity index (χ2v) is 6.09. The number of anilines is 1. The number of furan rings is 1. The highest BCUT2D eigenvalue weighted by molar-refractivity contribution is 5.94. The molecule has 132 valence electrons. The van der Waals surface area contributed by atoms with Gasteiger partial charge >= 0.3 is 6.03 Å². The molecule has 25 heavy (non-hydrogen) atoms. The quantitative estimate of drug-likeness (QED) is 0.932. The van der Waals surface area contributed by atoms with Crippen molar-refractivity contribution < 1.29 is 14.0 Å². The summed E-state index contributed by atoms with van der Waals surface area (Å²) in [5, 5.41) is 3.00. The molecule has 3 rings (SSSR count). The lowest BCUT2D eigenvalue weighted by Crippen LogP contribution is -2.39. The Balaban J connectivity index is 1.61. The maximum Gasteiger partial charge on any atom is 0.321 e. The van der Waals surface area contributed by atoms with Crippen LogP contribution in [0.3, 0.4) is 0 Å². The van der Waals surface area contributed by atoms with Crippen molar-refractivity contribution in [3.63, 3.8) is 0 Å². The highest BCUT2D eigenvalue weighted by Gasteiger charge is 2.23. The van der Waals surface area contributed by atoms with Crippen LogP contribution in [0.4, 0.5) is 10.5 Å². The van der Waals surface area contributed by atoms with Crippen molar-refractivity contribution >= 4 is 17.6 Å². The summed E-state index contributed by atoms with van der Waals surface area (Å²) >= 11 is 0. The molecule has 0 aliphatic carbocycles. The molecule has 0 atom stereocenters. The molecule has 0 saturated carbocycles. The Kier molecular flexibility index (Phi) is 5.38. The van der Waals surface area contributed by atoms with Crippen molar-refractivity contribution in [3.05, 3.63) is 54.0 Å². The van der Waals surface area contributed by atoms with Crippen LogP contribution in [0.1, 0.15) is 29.3 Å². The first-order valence-corrected chi connectivity index (χ1v) is 8.64. The van der Waals surface area contributed by atoms with Crippen LogP contribution in [0.15, 0.2) is 47.3 Å². The molecule has 1 N–H and O–H groups in total. The van der Waals surface area contributed by atoms with Gasteiger partial charge in [-0.05, 0) is 30.5 Å². The first-order chi connectivity index (χ1) is 12.2. The summed E-state index contributed by atoms with van der Waals surface area (Å²) < 4.78 is 4.98. The van der Waals surface area contributed by atoms with E-state index in [2.05, 4.69) is 12.2 Å². The molecule has 1 fully saturated rings. The van der Waals surface area contributed by atoms with Crippen LogP contribution in [-0.4, -0.2) is 47.9 Å². The number of benzene rings is 1. The van der Waals surface area contributed by atoms with Crippen LogP contribution >= 0.6 is 0 Å². The molecule has 1 aromatic heterocycles. The predicted octanol–water partition coefficient (Wildman–Crippen LogP) is 3.22. The van der Waals surface area contributed by atoms with E-state index >= 15 is 0 Å². The van der Waals surface area contributed by atoms with Gasteiger partial charge in [0, 0.05) is 31.9 Å². The van der Waals surface area contributed by atoms with E-state index < -0.39 is 0 Å². The molecule has 0 unspecified atom stereocenters. The first kappa shape index (κ1) is 17.1. The highest BCUT2D eigenvalue weighted by atomic mass is 16.3. The summed E-state index contributed by atoms with van der Waals surface area (Å²) in [5.41, 5.74) is 2.52. The zero-order valence-corrected chi connectivity index (χ0v) is 14.4. The number of aryl methyl sites for hydroxylation is 1. The van der Waals surface area contributed by atoms with E-state index in [1.54, 1.807) is 15.9 Å². The number of urea groups is 1. The van der Waals surface area contributed by atoms with E-state index in [1.165, 1.54) is 12.5 Å². The van der Waals surface area contributed by atoms with Gasteiger partial charge in [0.1, 0.15) is 6.26 Å². The smallest absolute Gasteiger partial charge is 0.321 e. The number of nitrogens with zero attached hydrogens (tertiary/aromatic N) is 2. The Labute approximate surface area is 147 Å². The molecule has 0 radical (unpaired) electrons. The Morgan fingerprint density at radius 3 is 2.60 bits per heavy atom. The Morgan fingerprint density at radius 1 is 1.08 bits per heavy atom. The SMILES string of the molecule is CCc1ccccc1NC(=O)N1CCCN(C(=O)c2ccoc2)CC1. The molecular weight excluding hydrogens is 318 g/mol. The number of carbonyl (C=O) groups excluding carboxylic acids is 2. The summed E-state index contributed by atoms with van der Waals surface area (Å²) in [6.07, 6.45) is 4.57. The minimum atomic E-state index is -0.112. The van der Waals surface area contributed by atoms with Crippen LogP contribution in [0.5, 0.6) is 0 Å². The predicted molar refractivity (Wildman–Crippen MR) is 95.6 cm³/mol. The van der Waals surface area contributed by atoms with Crippen LogP contribution < -0.4 is 5.32 Å². The van der Waals surface area contributed by atoms with Crippen molar-refractivity contribution in [2.45, 2.75) is 19.8 Å². The van der Waals surface area contributed by atoms with E-state index in [4.69, 9.17) is 4.42 Å². The Morgan fingerprint density at radius 2 is 1.84 bits per heavy atom. The summed E-state index contributed by atoms with van der Waals surface area (Å²) in [4.78, 5) is 28.6. The maximum absolute atomic E-state index is 12.6. The Bertz CT molecular complexity index is 727. The van der Waals surface area contributed by atoms with E-state index in [0.29, 0.717) is 31.7 Å². The van der Waals surface area contributed by atoms with Crippen molar-refractivity contribution in [2.24, 2.45) is 0 Å². The minimum Gasteiger partial charge on any atom is -0.472 e. The number of hydrogen-bond donors (Lipinski definition) is 1. The van der Waals surface area contributed by atoms with Gasteiger partial charge in [0.2, 0.25) is 0 Å². The Hall–Kier alpha value is -2.76. The summed E-state index contributed by atoms with van der Waals surface area (Å²) in [6, 6.07) is 9.38. The van der Waals surface area contributed by atoms with Crippen LogP contribution in [0, 0.1) is 0 Å². The van der Waals surface area contributed by atoms with Gasteiger partial charge in [-0.1, -0.05) is 25.1 Å². The van der Waals surface area contributed by atoms with E-state index in [0.717, 1.165) is 24.1 Å². The average molecular weight is 341 g/mol. The summed E-state index contributed by atoms with van der Waals surface area (Å²) in [7, 11) is 0. The third-order valence-corrected chi connectivity index (χ3v) is 4.48. The number of rotatable bonds is 3. The third-order valence-electron chi connectivity index (χ3n) is 4.48. The first-order valence-electron chi connectivity index (χ1n) is 8.64. The molecular formula is C19H23N3O3. The largest absolute Gasteiger partial charge is 0.472 e. The van der Waals surface area contributed by atoms with Gasteiger partial charge in [-0.2, -0.15) is 0 Å². The second kappa shape index (κ2) is 7.88. The number of nitrogens with one attached hydrogen (secondary N) is 1. The molecule has 3 amide bonds. The monoisotopic (exact) mass is 341 g/mol. The van der Waals surface area contributed by atoms with Crippen molar-refractivity contribution in [2.75, 3.05) is 31.5 Å². The normalized spacial score (nSPS) is 14.9. The zero-order valence-electron chi connectivity index (χ0n) is 14.4. The minimum absolute atomic E-state index is 0.0488. The van der Waals surface area contributed by atoms with Gasteiger partial charge in [0.25, 0.3) is 5.91 Å². The van der Waals surface area contributed by atoms with Gasteiger partial charge < -0.3 is 19.5 Å². The fourth-order valence-corrected chi connectivity index (χ4v) is 3.04. The van der Waals surface area contributed by atoms with Gasteiger partial charge in [-0.15, -0.1) is 0 Å². The van der Waals surface area contributed by atoms with Gasteiger partial charge in [0.15, 0.2) is 0 Å². The molecule has 0 spiro atoms. The fraction of sp³-hybridized carbons (Fsp3) is 0.368. The maximum atomic E-state index is 12.6. The number of para-hydroxylation sites is 1. The molecule has 1 saturated heterocycles. The molecule has 6 heteroatoms. The highest BCUT2D eigenvalue weighted by Crippen LogP contribution is 2.17. The van der Waals surface area contributed by atoms with Crippen LogP contribution in [0.2, 0.25) is 0 Å². The fourth-order valence-electron chi connectivity index (χ4n) is 3.04. The third kappa shape index (κ3) is 4.02. The molecule has 6 nitrogen and oxygen atoms in total. The van der Waals surface area contributed by atoms with Crippen LogP contribution in [0.25, 0.3) is 0 Å². The lowest BCUT2D eigenvalue weighted by Gasteiger charge is -2.22. The average Bonchev–Trinajstić information content (AvgIpc) is 3.06. The zero-order chi connectivity index (χ0) is 17.6. The van der Waals surface area contributed by atoms with E-state index in [-0.39, 0.29) is 11.9 Å². The molecule has 2 heterocycles. The standard InChI is InChI=1S/C19H23N3O3/c1-2-15-6-3-4-7-17(15)20-19(24)22-10-5-9-21(11-12-22)18(23)16-8-13-25-14-16/h3-4,6-8,13-14H,2,5,9-12H2,1H3,(H,20,24). The van der Waals surface area contributed by atoms with Crippen molar-refractivity contribution in [1.82, 2.24) is 9.80 Å². The summed E-state index contributed by atoms with van der Waals surface area (Å²) in [6.45, 7) is 4.38. The lowest BCUT2D eigenvalue weighted by atomic mass is 10.1. The number of amides is 3. The van der Waals surface area contributed by atoms with Gasteiger partial charge in [-0.3, -0.25) is 4.79 Å². The molecule has 1 aromatic carbocycles. The van der Waals surface area contributed by atoms with Crippen molar-refractivity contribution in [3.8, 4) is 0 Å². The molecule has 0 bridgehead atoms. The topological polar surface area (TPSA) is 65.8 Å². The number of hydrogen-bond acceptors (Lipinski definition) is 3. The lowest BCUT2D eigenvalue weighted by molar-refractivity contribution is 0.0762. The van der Waals surface area contributed by atoms with Gasteiger partial charge in [0.05, 0.1) is 11.8 Å². The molecule has 1 aliphatic heterocycles. The van der Waals surface area contributed by atoms with Crippen LogP contribution in [-0.2, 0) is 6.42 Å². The summed E-state index contributed by atoms with van der Waals surface area (Å²) in [5.74, 6) is -0.0488. The van der Waals surface area contributed by atoms with Crippen molar-refractivity contribution in [1.29, 1.82) is 0 Å². The van der Waals surface area contributed by atoms with E-state index in [9.17, 15) is 9.59 Å². The molecule has 2 aromatic rings. The number of carbonyl (C=O) groups is 2. The molecule has 1 aliphatic rings.